The number of hydrogen-bond acceptors (Lipinski definition) is 3. The summed E-state index contributed by atoms with van der Waals surface area (Å²) in [6.07, 6.45) is 0. The predicted molar refractivity (Wildman–Crippen MR) is 76.3 cm³/mol. The van der Waals surface area contributed by atoms with E-state index < -0.39 is 17.4 Å². The molecule has 0 radical (unpaired) electrons. The Morgan fingerprint density at radius 1 is 1.10 bits per heavy atom. The summed E-state index contributed by atoms with van der Waals surface area (Å²) in [5.41, 5.74) is 7.48. The largest absolute Gasteiger partial charge is 0.496 e. The summed E-state index contributed by atoms with van der Waals surface area (Å²) in [5, 5.41) is 0. The molecule has 0 saturated carbocycles. The first-order valence-electron chi connectivity index (χ1n) is 6.49. The van der Waals surface area contributed by atoms with Crippen LogP contribution in [0, 0.1) is 18.6 Å². The second-order valence-corrected chi connectivity index (χ2v) is 4.70. The Morgan fingerprint density at radius 3 is 2.33 bits per heavy atom. The number of aryl methyl sites for hydroxylation is 1. The van der Waals surface area contributed by atoms with E-state index in [2.05, 4.69) is 0 Å². The topological polar surface area (TPSA) is 44.5 Å². The highest BCUT2D eigenvalue weighted by Crippen LogP contribution is 2.26. The molecule has 0 bridgehead atoms. The zero-order chi connectivity index (χ0) is 15.4. The molecule has 3 nitrogen and oxygen atoms in total. The lowest BCUT2D eigenvalue weighted by Gasteiger charge is -2.12. The minimum absolute atomic E-state index is 0.0145. The molecule has 112 valence electrons. The molecule has 0 atom stereocenters. The van der Waals surface area contributed by atoms with E-state index in [4.69, 9.17) is 15.2 Å². The molecule has 0 saturated heterocycles. The minimum atomic E-state index is -0.762. The maximum Gasteiger partial charge on any atom is 0.191 e. The van der Waals surface area contributed by atoms with Crippen LogP contribution in [0.15, 0.2) is 30.3 Å². The summed E-state index contributed by atoms with van der Waals surface area (Å²) in [6, 6.07) is 7.87. The maximum absolute atomic E-state index is 13.8. The minimum Gasteiger partial charge on any atom is -0.496 e. The SMILES string of the molecule is COc1ccc(C)cc1COc1c(F)cc(CN)cc1F. The van der Waals surface area contributed by atoms with Crippen molar-refractivity contribution in [1.82, 2.24) is 0 Å². The van der Waals surface area contributed by atoms with Crippen molar-refractivity contribution in [3.63, 3.8) is 0 Å². The van der Waals surface area contributed by atoms with Crippen LogP contribution >= 0.6 is 0 Å². The van der Waals surface area contributed by atoms with Gasteiger partial charge in [-0.25, -0.2) is 8.78 Å². The Labute approximate surface area is 122 Å². The third kappa shape index (κ3) is 3.49. The molecule has 21 heavy (non-hydrogen) atoms. The van der Waals surface area contributed by atoms with Gasteiger partial charge in [0.15, 0.2) is 17.4 Å². The smallest absolute Gasteiger partial charge is 0.191 e. The van der Waals surface area contributed by atoms with Gasteiger partial charge in [-0.3, -0.25) is 0 Å². The molecule has 0 aromatic heterocycles. The second-order valence-electron chi connectivity index (χ2n) is 4.70. The van der Waals surface area contributed by atoms with E-state index in [1.807, 2.05) is 19.1 Å². The molecule has 0 fully saturated rings. The Morgan fingerprint density at radius 2 is 1.76 bits per heavy atom. The Balaban J connectivity index is 2.22. The molecule has 2 aromatic carbocycles. The zero-order valence-electron chi connectivity index (χ0n) is 12.0. The third-order valence-corrected chi connectivity index (χ3v) is 3.10. The molecule has 0 aliphatic heterocycles. The average Bonchev–Trinajstić information content (AvgIpc) is 2.46. The first kappa shape index (κ1) is 15.3. The maximum atomic E-state index is 13.8. The lowest BCUT2D eigenvalue weighted by molar-refractivity contribution is 0.267. The summed E-state index contributed by atoms with van der Waals surface area (Å²) < 4.78 is 38.1. The number of methoxy groups -OCH3 is 1. The van der Waals surface area contributed by atoms with E-state index in [1.165, 1.54) is 19.2 Å². The highest BCUT2D eigenvalue weighted by atomic mass is 19.1. The van der Waals surface area contributed by atoms with Crippen molar-refractivity contribution in [1.29, 1.82) is 0 Å². The van der Waals surface area contributed by atoms with E-state index in [0.717, 1.165) is 11.1 Å². The van der Waals surface area contributed by atoms with Crippen molar-refractivity contribution in [3.8, 4) is 11.5 Å². The molecule has 0 amide bonds. The van der Waals surface area contributed by atoms with Gasteiger partial charge in [-0.05, 0) is 36.8 Å². The van der Waals surface area contributed by atoms with E-state index in [1.54, 1.807) is 6.07 Å². The molecular weight excluding hydrogens is 276 g/mol. The summed E-state index contributed by atoms with van der Waals surface area (Å²) in [7, 11) is 1.53. The average molecular weight is 293 g/mol. The molecule has 0 heterocycles. The van der Waals surface area contributed by atoms with Gasteiger partial charge in [0.2, 0.25) is 0 Å². The Hall–Kier alpha value is -2.14. The molecule has 2 rings (SSSR count). The Bertz CT molecular complexity index is 621. The molecule has 5 heteroatoms. The van der Waals surface area contributed by atoms with E-state index >= 15 is 0 Å². The van der Waals surface area contributed by atoms with Crippen LogP contribution in [0.4, 0.5) is 8.78 Å². The molecule has 2 N–H and O–H groups in total. The number of nitrogens with two attached hydrogens (primary N) is 1. The van der Waals surface area contributed by atoms with Gasteiger partial charge in [0.25, 0.3) is 0 Å². The highest BCUT2D eigenvalue weighted by Gasteiger charge is 2.13. The van der Waals surface area contributed by atoms with Crippen LogP contribution < -0.4 is 15.2 Å². The first-order valence-corrected chi connectivity index (χ1v) is 6.49. The summed E-state index contributed by atoms with van der Waals surface area (Å²) >= 11 is 0. The van der Waals surface area contributed by atoms with Crippen LogP contribution in [-0.2, 0) is 13.2 Å². The fourth-order valence-electron chi connectivity index (χ4n) is 2.04. The van der Waals surface area contributed by atoms with Gasteiger partial charge in [0.05, 0.1) is 7.11 Å². The number of ether oxygens (including phenoxy) is 2. The number of halogens is 2. The lowest BCUT2D eigenvalue weighted by Crippen LogP contribution is -2.04. The van der Waals surface area contributed by atoms with E-state index in [-0.39, 0.29) is 13.2 Å². The number of rotatable bonds is 5. The number of hydrogen-bond donors (Lipinski definition) is 1. The van der Waals surface area contributed by atoms with Crippen molar-refractivity contribution < 1.29 is 18.3 Å². The van der Waals surface area contributed by atoms with Gasteiger partial charge in [-0.2, -0.15) is 0 Å². The van der Waals surface area contributed by atoms with Gasteiger partial charge < -0.3 is 15.2 Å². The van der Waals surface area contributed by atoms with Gasteiger partial charge in [-0.1, -0.05) is 11.6 Å². The molecule has 0 spiro atoms. The van der Waals surface area contributed by atoms with Gasteiger partial charge in [0, 0.05) is 12.1 Å². The van der Waals surface area contributed by atoms with E-state index in [0.29, 0.717) is 11.3 Å². The van der Waals surface area contributed by atoms with Crippen molar-refractivity contribution >= 4 is 0 Å². The van der Waals surface area contributed by atoms with E-state index in [9.17, 15) is 8.78 Å². The van der Waals surface area contributed by atoms with Crippen LogP contribution in [0.5, 0.6) is 11.5 Å². The summed E-state index contributed by atoms with van der Waals surface area (Å²) in [6.45, 7) is 2.00. The van der Waals surface area contributed by atoms with Crippen molar-refractivity contribution in [3.05, 3.63) is 58.7 Å². The van der Waals surface area contributed by atoms with Crippen LogP contribution in [0.25, 0.3) is 0 Å². The first-order chi connectivity index (χ1) is 10.0. The predicted octanol–water partition coefficient (Wildman–Crippen LogP) is 3.32. The molecule has 2 aromatic rings. The van der Waals surface area contributed by atoms with Gasteiger partial charge in [0.1, 0.15) is 12.4 Å². The highest BCUT2D eigenvalue weighted by molar-refractivity contribution is 5.37. The zero-order valence-corrected chi connectivity index (χ0v) is 12.0. The van der Waals surface area contributed by atoms with Crippen LogP contribution in [0.3, 0.4) is 0 Å². The van der Waals surface area contributed by atoms with Crippen LogP contribution in [-0.4, -0.2) is 7.11 Å². The fraction of sp³-hybridized carbons (Fsp3) is 0.250. The van der Waals surface area contributed by atoms with Crippen molar-refractivity contribution in [2.24, 2.45) is 5.73 Å². The van der Waals surface area contributed by atoms with Crippen molar-refractivity contribution in [2.75, 3.05) is 7.11 Å². The van der Waals surface area contributed by atoms with Crippen molar-refractivity contribution in [2.45, 2.75) is 20.1 Å². The lowest BCUT2D eigenvalue weighted by atomic mass is 10.1. The quantitative estimate of drug-likeness (QED) is 0.919. The monoisotopic (exact) mass is 293 g/mol. The summed E-state index contributed by atoms with van der Waals surface area (Å²) in [4.78, 5) is 0. The van der Waals surface area contributed by atoms with Crippen LogP contribution in [0.2, 0.25) is 0 Å². The molecular formula is C16H17F2NO2. The molecule has 0 aliphatic rings. The third-order valence-electron chi connectivity index (χ3n) is 3.10. The standard InChI is InChI=1S/C16H17F2NO2/c1-10-3-4-15(20-2)12(5-10)9-21-16-13(17)6-11(8-19)7-14(16)18/h3-7H,8-9,19H2,1-2H3. The van der Waals surface area contributed by atoms with Gasteiger partial charge in [-0.15, -0.1) is 0 Å². The Kier molecular flexibility index (Phi) is 4.75. The second kappa shape index (κ2) is 6.54. The summed E-state index contributed by atoms with van der Waals surface area (Å²) in [5.74, 6) is -1.32. The van der Waals surface area contributed by atoms with Crippen LogP contribution in [0.1, 0.15) is 16.7 Å². The number of benzene rings is 2. The van der Waals surface area contributed by atoms with Gasteiger partial charge >= 0.3 is 0 Å². The normalized spacial score (nSPS) is 10.5. The molecule has 0 unspecified atom stereocenters. The molecule has 0 aliphatic carbocycles. The fourth-order valence-corrected chi connectivity index (χ4v) is 2.04.